The number of para-hydroxylation sites is 1. The number of hydrogen-bond donors (Lipinski definition) is 1. The summed E-state index contributed by atoms with van der Waals surface area (Å²) in [7, 11) is 0. The van der Waals surface area contributed by atoms with Crippen LogP contribution in [-0.2, 0) is 6.42 Å². The average Bonchev–Trinajstić information content (AvgIpc) is 2.90. The molecular formula is C16H18N4O. The molecule has 0 bridgehead atoms. The van der Waals surface area contributed by atoms with E-state index in [9.17, 15) is 4.79 Å². The fraction of sp³-hybridized carbons (Fsp3) is 0.312. The zero-order chi connectivity index (χ0) is 14.8. The molecule has 1 aliphatic rings. The van der Waals surface area contributed by atoms with Crippen LogP contribution in [0.5, 0.6) is 0 Å². The highest BCUT2D eigenvalue weighted by atomic mass is 16.2. The van der Waals surface area contributed by atoms with Crippen LogP contribution in [0.1, 0.15) is 29.9 Å². The van der Waals surface area contributed by atoms with Crippen LogP contribution in [0.4, 0.5) is 11.6 Å². The van der Waals surface area contributed by atoms with E-state index in [1.807, 2.05) is 32.0 Å². The molecule has 0 aliphatic carbocycles. The van der Waals surface area contributed by atoms with E-state index >= 15 is 0 Å². The normalized spacial score (nSPS) is 13.4. The molecule has 21 heavy (non-hydrogen) atoms. The van der Waals surface area contributed by atoms with Crippen LogP contribution in [0.25, 0.3) is 0 Å². The van der Waals surface area contributed by atoms with Crippen LogP contribution in [0, 0.1) is 0 Å². The summed E-state index contributed by atoms with van der Waals surface area (Å²) >= 11 is 0. The van der Waals surface area contributed by atoms with Gasteiger partial charge >= 0.3 is 0 Å². The Morgan fingerprint density at radius 1 is 1.29 bits per heavy atom. The Kier molecular flexibility index (Phi) is 3.56. The molecule has 0 unspecified atom stereocenters. The Labute approximate surface area is 124 Å². The maximum absolute atomic E-state index is 12.7. The minimum absolute atomic E-state index is 0.0749. The Hall–Kier alpha value is -2.43. The summed E-state index contributed by atoms with van der Waals surface area (Å²) in [5, 5.41) is 3.12. The monoisotopic (exact) mass is 282 g/mol. The highest BCUT2D eigenvalue weighted by Crippen LogP contribution is 2.28. The smallest absolute Gasteiger partial charge is 0.277 e. The second kappa shape index (κ2) is 5.52. The summed E-state index contributed by atoms with van der Waals surface area (Å²) in [6.07, 6.45) is 2.51. The first-order valence-electron chi connectivity index (χ1n) is 7.14. The molecule has 3 rings (SSSR count). The van der Waals surface area contributed by atoms with Crippen molar-refractivity contribution in [3.63, 3.8) is 0 Å². The van der Waals surface area contributed by atoms with E-state index < -0.39 is 0 Å². The zero-order valence-electron chi connectivity index (χ0n) is 12.2. The van der Waals surface area contributed by atoms with Gasteiger partial charge in [0.25, 0.3) is 5.91 Å². The van der Waals surface area contributed by atoms with Crippen molar-refractivity contribution in [3.05, 3.63) is 47.8 Å². The molecule has 0 radical (unpaired) electrons. The van der Waals surface area contributed by atoms with Crippen LogP contribution < -0.4 is 10.2 Å². The highest BCUT2D eigenvalue weighted by molar-refractivity contribution is 6.06. The van der Waals surface area contributed by atoms with Crippen molar-refractivity contribution in [2.45, 2.75) is 26.3 Å². The van der Waals surface area contributed by atoms with E-state index in [2.05, 4.69) is 21.4 Å². The summed E-state index contributed by atoms with van der Waals surface area (Å²) in [6.45, 7) is 4.72. The van der Waals surface area contributed by atoms with Gasteiger partial charge in [0, 0.05) is 24.5 Å². The lowest BCUT2D eigenvalue weighted by Crippen LogP contribution is -2.30. The van der Waals surface area contributed by atoms with Crippen molar-refractivity contribution in [1.82, 2.24) is 9.97 Å². The number of fused-ring (bicyclic) bond motifs is 1. The molecule has 1 aromatic heterocycles. The van der Waals surface area contributed by atoms with Crippen LogP contribution >= 0.6 is 0 Å². The number of hydrogen-bond acceptors (Lipinski definition) is 4. The first-order valence-corrected chi connectivity index (χ1v) is 7.14. The highest BCUT2D eigenvalue weighted by Gasteiger charge is 2.26. The molecule has 1 aliphatic heterocycles. The van der Waals surface area contributed by atoms with Gasteiger partial charge in [0.2, 0.25) is 5.95 Å². The van der Waals surface area contributed by atoms with Crippen molar-refractivity contribution in [2.24, 2.45) is 0 Å². The van der Waals surface area contributed by atoms with Crippen LogP contribution in [0.15, 0.2) is 36.5 Å². The van der Waals surface area contributed by atoms with Gasteiger partial charge in [0.15, 0.2) is 0 Å². The zero-order valence-corrected chi connectivity index (χ0v) is 12.2. The largest absolute Gasteiger partial charge is 0.352 e. The molecule has 0 spiro atoms. The topological polar surface area (TPSA) is 58.1 Å². The number of amides is 1. The molecule has 2 aromatic rings. The lowest BCUT2D eigenvalue weighted by Gasteiger charge is -2.17. The summed E-state index contributed by atoms with van der Waals surface area (Å²) in [5.41, 5.74) is 2.62. The molecular weight excluding hydrogens is 264 g/mol. The molecule has 0 fully saturated rings. The molecule has 5 heteroatoms. The first kappa shape index (κ1) is 13.5. The average molecular weight is 282 g/mol. The molecule has 2 heterocycles. The molecule has 1 amide bonds. The van der Waals surface area contributed by atoms with Gasteiger partial charge in [-0.25, -0.2) is 9.97 Å². The van der Waals surface area contributed by atoms with Crippen LogP contribution in [0.3, 0.4) is 0 Å². The predicted octanol–water partition coefficient (Wildman–Crippen LogP) is 2.50. The van der Waals surface area contributed by atoms with Crippen molar-refractivity contribution in [2.75, 3.05) is 16.8 Å². The summed E-state index contributed by atoms with van der Waals surface area (Å²) in [6, 6.07) is 9.89. The van der Waals surface area contributed by atoms with Crippen molar-refractivity contribution in [3.8, 4) is 0 Å². The Balaban J connectivity index is 1.86. The second-order valence-corrected chi connectivity index (χ2v) is 5.40. The minimum atomic E-state index is -0.0749. The minimum Gasteiger partial charge on any atom is -0.352 e. The van der Waals surface area contributed by atoms with Crippen molar-refractivity contribution >= 4 is 17.5 Å². The third kappa shape index (κ3) is 2.72. The second-order valence-electron chi connectivity index (χ2n) is 5.40. The number of carbonyl (C=O) groups excluding carboxylic acids is 1. The van der Waals surface area contributed by atoms with E-state index in [1.54, 1.807) is 17.2 Å². The van der Waals surface area contributed by atoms with Gasteiger partial charge in [-0.2, -0.15) is 0 Å². The van der Waals surface area contributed by atoms with Gasteiger partial charge in [-0.1, -0.05) is 18.2 Å². The van der Waals surface area contributed by atoms with Gasteiger partial charge in [0.1, 0.15) is 5.69 Å². The standard InChI is InChI=1S/C16H18N4O/c1-11(2)18-16-17-9-7-13(19-16)15(21)20-10-8-12-5-3-4-6-14(12)20/h3-7,9,11H,8,10H2,1-2H3,(H,17,18,19). The number of nitrogens with zero attached hydrogens (tertiary/aromatic N) is 3. The summed E-state index contributed by atoms with van der Waals surface area (Å²) in [4.78, 5) is 22.9. The number of carbonyl (C=O) groups is 1. The molecule has 0 saturated heterocycles. The molecule has 0 saturated carbocycles. The molecule has 108 valence electrons. The SMILES string of the molecule is CC(C)Nc1nccc(C(=O)N2CCc3ccccc32)n1. The van der Waals surface area contributed by atoms with E-state index in [0.717, 1.165) is 12.1 Å². The van der Waals surface area contributed by atoms with Crippen molar-refractivity contribution < 1.29 is 4.79 Å². The number of aromatic nitrogens is 2. The number of anilines is 2. The van der Waals surface area contributed by atoms with E-state index in [1.165, 1.54) is 5.56 Å². The van der Waals surface area contributed by atoms with Gasteiger partial charge < -0.3 is 10.2 Å². The number of nitrogens with one attached hydrogen (secondary N) is 1. The lowest BCUT2D eigenvalue weighted by atomic mass is 10.2. The van der Waals surface area contributed by atoms with E-state index in [4.69, 9.17) is 0 Å². The van der Waals surface area contributed by atoms with Gasteiger partial charge in [0.05, 0.1) is 0 Å². The van der Waals surface area contributed by atoms with Crippen LogP contribution in [-0.4, -0.2) is 28.5 Å². The van der Waals surface area contributed by atoms with Gasteiger partial charge in [-0.3, -0.25) is 4.79 Å². The first-order chi connectivity index (χ1) is 10.1. The van der Waals surface area contributed by atoms with Gasteiger partial charge in [-0.05, 0) is 38.0 Å². The van der Waals surface area contributed by atoms with Gasteiger partial charge in [-0.15, -0.1) is 0 Å². The number of benzene rings is 1. The summed E-state index contributed by atoms with van der Waals surface area (Å²) in [5.74, 6) is 0.414. The maximum atomic E-state index is 12.7. The molecule has 1 aromatic carbocycles. The predicted molar refractivity (Wildman–Crippen MR) is 82.6 cm³/mol. The maximum Gasteiger partial charge on any atom is 0.277 e. The third-order valence-corrected chi connectivity index (χ3v) is 3.42. The fourth-order valence-corrected chi connectivity index (χ4v) is 2.49. The van der Waals surface area contributed by atoms with E-state index in [0.29, 0.717) is 18.2 Å². The molecule has 1 N–H and O–H groups in total. The third-order valence-electron chi connectivity index (χ3n) is 3.42. The number of rotatable bonds is 3. The van der Waals surface area contributed by atoms with E-state index in [-0.39, 0.29) is 11.9 Å². The van der Waals surface area contributed by atoms with Crippen LogP contribution in [0.2, 0.25) is 0 Å². The Morgan fingerprint density at radius 3 is 2.90 bits per heavy atom. The molecule has 5 nitrogen and oxygen atoms in total. The molecule has 0 atom stereocenters. The summed E-state index contributed by atoms with van der Waals surface area (Å²) < 4.78 is 0. The lowest BCUT2D eigenvalue weighted by molar-refractivity contribution is 0.0984. The fourth-order valence-electron chi connectivity index (χ4n) is 2.49. The quantitative estimate of drug-likeness (QED) is 0.939. The Bertz CT molecular complexity index is 669. The Morgan fingerprint density at radius 2 is 2.10 bits per heavy atom. The van der Waals surface area contributed by atoms with Crippen molar-refractivity contribution in [1.29, 1.82) is 0 Å².